The number of hydrogen-bond acceptors (Lipinski definition) is 5. The van der Waals surface area contributed by atoms with E-state index in [-0.39, 0.29) is 17.0 Å². The van der Waals surface area contributed by atoms with E-state index in [4.69, 9.17) is 0 Å². The van der Waals surface area contributed by atoms with E-state index in [0.29, 0.717) is 0 Å². The molecule has 0 spiro atoms. The van der Waals surface area contributed by atoms with Crippen LogP contribution in [0.3, 0.4) is 0 Å². The number of hydrogen-bond donors (Lipinski definition) is 2. The second-order valence-corrected chi connectivity index (χ2v) is 7.99. The molecule has 1 aromatic heterocycles. The van der Waals surface area contributed by atoms with E-state index >= 15 is 0 Å². The van der Waals surface area contributed by atoms with E-state index in [9.17, 15) is 8.42 Å². The highest BCUT2D eigenvalue weighted by Crippen LogP contribution is 2.26. The molecule has 2 aromatic rings. The monoisotopic (exact) mass is 349 g/mol. The lowest BCUT2D eigenvalue weighted by atomic mass is 10.0. The first kappa shape index (κ1) is 17.1. The number of nitrogens with one attached hydrogen (secondary N) is 2. The molecule has 1 aromatic carbocycles. The zero-order chi connectivity index (χ0) is 17.3. The highest BCUT2D eigenvalue weighted by atomic mass is 32.2. The van der Waals surface area contributed by atoms with Gasteiger partial charge in [0.05, 0.1) is 10.9 Å². The average molecular weight is 349 g/mol. The van der Waals surface area contributed by atoms with Gasteiger partial charge in [-0.2, -0.15) is 5.10 Å². The van der Waals surface area contributed by atoms with Crippen molar-refractivity contribution in [2.24, 2.45) is 0 Å². The van der Waals surface area contributed by atoms with Crippen molar-refractivity contribution in [2.45, 2.75) is 50.2 Å². The Morgan fingerprint density at radius 3 is 2.67 bits per heavy atom. The molecule has 2 N–H and O–H groups in total. The Kier molecular flexibility index (Phi) is 4.71. The van der Waals surface area contributed by atoms with Gasteiger partial charge in [0.25, 0.3) is 0 Å². The van der Waals surface area contributed by atoms with Crippen molar-refractivity contribution in [2.75, 3.05) is 7.05 Å². The molecule has 0 saturated carbocycles. The molecule has 1 aliphatic rings. The predicted molar refractivity (Wildman–Crippen MR) is 91.0 cm³/mol. The van der Waals surface area contributed by atoms with E-state index in [2.05, 4.69) is 27.0 Å². The van der Waals surface area contributed by atoms with Gasteiger partial charge < -0.3 is 5.32 Å². The van der Waals surface area contributed by atoms with Gasteiger partial charge in [-0.1, -0.05) is 12.1 Å². The molecular formula is C16H23N5O2S. The molecule has 0 saturated heterocycles. The van der Waals surface area contributed by atoms with Crippen molar-refractivity contribution in [3.63, 3.8) is 0 Å². The fraction of sp³-hybridized carbons (Fsp3) is 0.500. The summed E-state index contributed by atoms with van der Waals surface area (Å²) in [4.78, 5) is 4.81. The zero-order valence-corrected chi connectivity index (χ0v) is 15.0. The lowest BCUT2D eigenvalue weighted by Gasteiger charge is -2.26. The maximum Gasteiger partial charge on any atom is 0.240 e. The smallest absolute Gasteiger partial charge is 0.240 e. The highest BCUT2D eigenvalue weighted by molar-refractivity contribution is 7.89. The predicted octanol–water partition coefficient (Wildman–Crippen LogP) is 1.68. The molecule has 0 radical (unpaired) electrons. The van der Waals surface area contributed by atoms with Crippen molar-refractivity contribution in [3.05, 3.63) is 41.5 Å². The van der Waals surface area contributed by atoms with Crippen LogP contribution in [-0.4, -0.2) is 30.2 Å². The molecule has 2 atom stereocenters. The summed E-state index contributed by atoms with van der Waals surface area (Å²) in [6.45, 7) is 4.90. The zero-order valence-electron chi connectivity index (χ0n) is 14.2. The van der Waals surface area contributed by atoms with Crippen molar-refractivity contribution >= 4 is 10.0 Å². The van der Waals surface area contributed by atoms with Crippen LogP contribution >= 0.6 is 0 Å². The standard InChI is InChI=1S/C16H23N5O2S/c1-11(13-6-8-14(9-7-13)24(22,23)17-3)18-15-5-4-10-21-16(15)19-12(2)20-21/h6-9,11,15,17-18H,4-5,10H2,1-3H3/t11-,15-/m1/s1. The van der Waals surface area contributed by atoms with Crippen LogP contribution in [0.2, 0.25) is 0 Å². The maximum atomic E-state index is 11.8. The summed E-state index contributed by atoms with van der Waals surface area (Å²) in [7, 11) is -1.99. The fourth-order valence-corrected chi connectivity index (χ4v) is 3.81. The number of aryl methyl sites for hydroxylation is 2. The third kappa shape index (κ3) is 3.35. The molecule has 7 nitrogen and oxygen atoms in total. The normalized spacial score (nSPS) is 19.0. The summed E-state index contributed by atoms with van der Waals surface area (Å²) in [5, 5.41) is 8.01. The quantitative estimate of drug-likeness (QED) is 0.857. The first-order valence-corrected chi connectivity index (χ1v) is 9.60. The Balaban J connectivity index is 1.75. The summed E-state index contributed by atoms with van der Waals surface area (Å²) in [6, 6.07) is 7.21. The Morgan fingerprint density at radius 1 is 1.29 bits per heavy atom. The largest absolute Gasteiger partial charge is 0.301 e. The Bertz CT molecular complexity index is 813. The van der Waals surface area contributed by atoms with Crippen molar-refractivity contribution < 1.29 is 8.42 Å². The van der Waals surface area contributed by atoms with Gasteiger partial charge in [-0.3, -0.25) is 0 Å². The van der Waals surface area contributed by atoms with Gasteiger partial charge in [0.15, 0.2) is 0 Å². The van der Waals surface area contributed by atoms with Gasteiger partial charge in [0, 0.05) is 12.6 Å². The summed E-state index contributed by atoms with van der Waals surface area (Å²) in [6.07, 6.45) is 2.09. The minimum absolute atomic E-state index is 0.0879. The molecule has 0 aliphatic carbocycles. The molecule has 0 amide bonds. The van der Waals surface area contributed by atoms with Crippen LogP contribution in [0.15, 0.2) is 29.2 Å². The number of fused-ring (bicyclic) bond motifs is 1. The van der Waals surface area contributed by atoms with E-state index in [1.807, 2.05) is 23.7 Å². The lowest BCUT2D eigenvalue weighted by molar-refractivity contribution is 0.344. The fourth-order valence-electron chi connectivity index (χ4n) is 3.08. The minimum atomic E-state index is -3.40. The van der Waals surface area contributed by atoms with E-state index in [1.54, 1.807) is 12.1 Å². The van der Waals surface area contributed by atoms with Gasteiger partial charge in [-0.15, -0.1) is 0 Å². The lowest BCUT2D eigenvalue weighted by Crippen LogP contribution is -2.30. The highest BCUT2D eigenvalue weighted by Gasteiger charge is 2.25. The second-order valence-electron chi connectivity index (χ2n) is 6.10. The number of aromatic nitrogens is 3. The molecular weight excluding hydrogens is 326 g/mol. The van der Waals surface area contributed by atoms with Gasteiger partial charge >= 0.3 is 0 Å². The summed E-state index contributed by atoms with van der Waals surface area (Å²) in [5.41, 5.74) is 1.04. The second kappa shape index (κ2) is 6.62. The van der Waals surface area contributed by atoms with E-state index in [0.717, 1.165) is 36.6 Å². The number of nitrogens with zero attached hydrogens (tertiary/aromatic N) is 3. The molecule has 3 rings (SSSR count). The molecule has 0 unspecified atom stereocenters. The molecule has 0 fully saturated rings. The number of sulfonamides is 1. The van der Waals surface area contributed by atoms with Crippen LogP contribution in [0, 0.1) is 6.92 Å². The van der Waals surface area contributed by atoms with Crippen LogP contribution < -0.4 is 10.0 Å². The van der Waals surface area contributed by atoms with Gasteiger partial charge in [-0.05, 0) is 51.4 Å². The molecule has 1 aliphatic heterocycles. The van der Waals surface area contributed by atoms with E-state index in [1.165, 1.54) is 7.05 Å². The third-order valence-electron chi connectivity index (χ3n) is 4.39. The number of benzene rings is 1. The van der Waals surface area contributed by atoms with Crippen LogP contribution in [0.1, 0.15) is 49.1 Å². The van der Waals surface area contributed by atoms with Crippen molar-refractivity contribution in [1.82, 2.24) is 24.8 Å². The Morgan fingerprint density at radius 2 is 2.00 bits per heavy atom. The van der Waals surface area contributed by atoms with Gasteiger partial charge in [-0.25, -0.2) is 22.8 Å². The van der Waals surface area contributed by atoms with Gasteiger partial charge in [0.1, 0.15) is 11.6 Å². The van der Waals surface area contributed by atoms with Crippen molar-refractivity contribution in [3.8, 4) is 0 Å². The average Bonchev–Trinajstić information content (AvgIpc) is 2.96. The Labute approximate surface area is 142 Å². The molecule has 24 heavy (non-hydrogen) atoms. The summed E-state index contributed by atoms with van der Waals surface area (Å²) in [5.74, 6) is 1.79. The maximum absolute atomic E-state index is 11.8. The first-order chi connectivity index (χ1) is 11.4. The topological polar surface area (TPSA) is 88.9 Å². The molecule has 0 bridgehead atoms. The number of rotatable bonds is 5. The van der Waals surface area contributed by atoms with Crippen LogP contribution in [0.5, 0.6) is 0 Å². The van der Waals surface area contributed by atoms with Crippen LogP contribution in [0.25, 0.3) is 0 Å². The summed E-state index contributed by atoms with van der Waals surface area (Å²) < 4.78 is 27.9. The third-order valence-corrected chi connectivity index (χ3v) is 5.82. The minimum Gasteiger partial charge on any atom is -0.301 e. The Hall–Kier alpha value is -1.77. The summed E-state index contributed by atoms with van der Waals surface area (Å²) >= 11 is 0. The van der Waals surface area contributed by atoms with Crippen LogP contribution in [-0.2, 0) is 16.6 Å². The molecule has 130 valence electrons. The van der Waals surface area contributed by atoms with E-state index < -0.39 is 10.0 Å². The molecule has 8 heteroatoms. The van der Waals surface area contributed by atoms with Crippen molar-refractivity contribution in [1.29, 1.82) is 0 Å². The SMILES string of the molecule is CNS(=O)(=O)c1ccc([C@@H](C)N[C@@H]2CCCn3nc(C)nc32)cc1. The first-order valence-electron chi connectivity index (χ1n) is 8.11. The van der Waals surface area contributed by atoms with Crippen LogP contribution in [0.4, 0.5) is 0 Å². The van der Waals surface area contributed by atoms with Gasteiger partial charge in [0.2, 0.25) is 10.0 Å². The molecule has 2 heterocycles.